The second-order valence-electron chi connectivity index (χ2n) is 4.68. The predicted octanol–water partition coefficient (Wildman–Crippen LogP) is 0.00570. The number of carbonyl (C=O) groups excluding carboxylic acids is 3. The Balaban J connectivity index is 1.80. The third-order valence-electron chi connectivity index (χ3n) is 3.38. The molecule has 1 aromatic rings. The van der Waals surface area contributed by atoms with Gasteiger partial charge in [-0.2, -0.15) is 0 Å². The number of halogens is 1. The highest BCUT2D eigenvalue weighted by molar-refractivity contribution is 7.17. The van der Waals surface area contributed by atoms with Crippen LogP contribution in [0.15, 0.2) is 0 Å². The summed E-state index contributed by atoms with van der Waals surface area (Å²) in [6.07, 6.45) is 1.12. The first-order chi connectivity index (χ1) is 9.50. The zero-order valence-corrected chi connectivity index (χ0v) is 11.8. The van der Waals surface area contributed by atoms with E-state index in [1.54, 1.807) is 0 Å². The van der Waals surface area contributed by atoms with Gasteiger partial charge in [0.1, 0.15) is 5.54 Å². The van der Waals surface area contributed by atoms with Crippen LogP contribution in [0.1, 0.15) is 22.6 Å². The second-order valence-corrected chi connectivity index (χ2v) is 6.24. The van der Waals surface area contributed by atoms with Crippen LogP contribution >= 0.6 is 22.9 Å². The lowest BCUT2D eigenvalue weighted by Gasteiger charge is -2.37. The highest BCUT2D eigenvalue weighted by Gasteiger charge is 2.49. The number of nitrogens with one attached hydrogen (secondary N) is 2. The van der Waals surface area contributed by atoms with Gasteiger partial charge in [-0.3, -0.25) is 14.9 Å². The molecule has 10 heteroatoms. The maximum absolute atomic E-state index is 12.3. The fraction of sp³-hybridized carbons (Fsp3) is 0.500. The molecule has 0 bridgehead atoms. The topological polar surface area (TPSA) is 104 Å². The number of amides is 4. The van der Waals surface area contributed by atoms with E-state index in [1.165, 1.54) is 4.90 Å². The van der Waals surface area contributed by atoms with Gasteiger partial charge in [0.2, 0.25) is 9.47 Å². The van der Waals surface area contributed by atoms with E-state index in [2.05, 4.69) is 20.8 Å². The number of hydrogen-bond acceptors (Lipinski definition) is 6. The van der Waals surface area contributed by atoms with Crippen molar-refractivity contribution in [1.29, 1.82) is 0 Å². The molecule has 2 fully saturated rings. The molecule has 20 heavy (non-hydrogen) atoms. The average molecular weight is 316 g/mol. The van der Waals surface area contributed by atoms with Crippen LogP contribution in [0.3, 0.4) is 0 Å². The van der Waals surface area contributed by atoms with E-state index in [-0.39, 0.29) is 21.9 Å². The molecule has 8 nitrogen and oxygen atoms in total. The van der Waals surface area contributed by atoms with E-state index in [0.717, 1.165) is 11.3 Å². The highest BCUT2D eigenvalue weighted by atomic mass is 35.5. The first kappa shape index (κ1) is 13.3. The molecule has 2 saturated heterocycles. The molecular weight excluding hydrogens is 306 g/mol. The standard InChI is InChI=1S/C10H10ClN5O3S/c11-8-15-14-5(20-8)6(17)16-3-1-2-10(4-16)7(18)12-9(19)13-10/h1-4H2,(H2,12,13,18,19). The van der Waals surface area contributed by atoms with Gasteiger partial charge in [0.15, 0.2) is 0 Å². The zero-order chi connectivity index (χ0) is 14.3. The third kappa shape index (κ3) is 2.12. The molecule has 2 aliphatic heterocycles. The average Bonchev–Trinajstić information content (AvgIpc) is 2.94. The molecule has 3 rings (SSSR count). The molecule has 1 aromatic heterocycles. The molecule has 4 amide bonds. The van der Waals surface area contributed by atoms with Crippen molar-refractivity contribution in [1.82, 2.24) is 25.7 Å². The molecular formula is C10H10ClN5O3S. The first-order valence-electron chi connectivity index (χ1n) is 5.92. The van der Waals surface area contributed by atoms with Gasteiger partial charge in [-0.1, -0.05) is 11.3 Å². The van der Waals surface area contributed by atoms with E-state index in [1.807, 2.05) is 0 Å². The monoisotopic (exact) mass is 315 g/mol. The van der Waals surface area contributed by atoms with Crippen molar-refractivity contribution in [3.8, 4) is 0 Å². The number of imide groups is 1. The fourth-order valence-corrected chi connectivity index (χ4v) is 3.27. The number of hydrogen-bond donors (Lipinski definition) is 2. The number of urea groups is 1. The zero-order valence-electron chi connectivity index (χ0n) is 10.2. The summed E-state index contributed by atoms with van der Waals surface area (Å²) in [5.41, 5.74) is -1.03. The van der Waals surface area contributed by atoms with Gasteiger partial charge in [0.25, 0.3) is 11.8 Å². The summed E-state index contributed by atoms with van der Waals surface area (Å²) in [6.45, 7) is 0.627. The van der Waals surface area contributed by atoms with E-state index >= 15 is 0 Å². The normalized spacial score (nSPS) is 25.8. The van der Waals surface area contributed by atoms with E-state index < -0.39 is 17.5 Å². The lowest BCUT2D eigenvalue weighted by atomic mass is 9.89. The number of carbonyl (C=O) groups is 3. The minimum atomic E-state index is -1.03. The van der Waals surface area contributed by atoms with Crippen molar-refractivity contribution >= 4 is 40.8 Å². The fourth-order valence-electron chi connectivity index (χ4n) is 2.47. The summed E-state index contributed by atoms with van der Waals surface area (Å²) in [5.74, 6) is -0.724. The molecule has 1 spiro atoms. The van der Waals surface area contributed by atoms with E-state index in [9.17, 15) is 14.4 Å². The number of rotatable bonds is 1. The van der Waals surface area contributed by atoms with Crippen molar-refractivity contribution < 1.29 is 14.4 Å². The van der Waals surface area contributed by atoms with Crippen LogP contribution in [0.2, 0.25) is 4.47 Å². The summed E-state index contributed by atoms with van der Waals surface area (Å²) in [7, 11) is 0. The molecule has 106 valence electrons. The number of piperidine rings is 1. The smallest absolute Gasteiger partial charge is 0.322 e. The number of likely N-dealkylation sites (tertiary alicyclic amines) is 1. The number of nitrogens with zero attached hydrogens (tertiary/aromatic N) is 3. The van der Waals surface area contributed by atoms with Crippen LogP contribution in [0.25, 0.3) is 0 Å². The first-order valence-corrected chi connectivity index (χ1v) is 7.11. The van der Waals surface area contributed by atoms with Gasteiger partial charge >= 0.3 is 6.03 Å². The van der Waals surface area contributed by atoms with Crippen molar-refractivity contribution in [2.24, 2.45) is 0 Å². The highest BCUT2D eigenvalue weighted by Crippen LogP contribution is 2.26. The van der Waals surface area contributed by atoms with Crippen LogP contribution in [0, 0.1) is 0 Å². The van der Waals surface area contributed by atoms with Gasteiger partial charge in [-0.25, -0.2) is 4.79 Å². The molecule has 1 unspecified atom stereocenters. The van der Waals surface area contributed by atoms with Crippen LogP contribution in [0.4, 0.5) is 4.79 Å². The summed E-state index contributed by atoms with van der Waals surface area (Å²) in [5, 5.41) is 12.3. The van der Waals surface area contributed by atoms with Gasteiger partial charge in [-0.05, 0) is 24.4 Å². The summed E-state index contributed by atoms with van der Waals surface area (Å²) in [6, 6.07) is -0.525. The largest absolute Gasteiger partial charge is 0.334 e. The SMILES string of the molecule is O=C1NC(=O)C2(CCCN(C(=O)c3nnc(Cl)s3)C2)N1. The van der Waals surface area contributed by atoms with Crippen molar-refractivity contribution in [2.45, 2.75) is 18.4 Å². The molecule has 0 saturated carbocycles. The Morgan fingerprint density at radius 3 is 2.80 bits per heavy atom. The molecule has 0 radical (unpaired) electrons. The van der Waals surface area contributed by atoms with Gasteiger partial charge in [0, 0.05) is 6.54 Å². The van der Waals surface area contributed by atoms with Crippen molar-refractivity contribution in [3.63, 3.8) is 0 Å². The van der Waals surface area contributed by atoms with Gasteiger partial charge in [-0.15, -0.1) is 10.2 Å². The van der Waals surface area contributed by atoms with Crippen LogP contribution < -0.4 is 10.6 Å². The Morgan fingerprint density at radius 1 is 1.40 bits per heavy atom. The predicted molar refractivity (Wildman–Crippen MR) is 69.5 cm³/mol. The Morgan fingerprint density at radius 2 is 2.20 bits per heavy atom. The Bertz CT molecular complexity index is 605. The summed E-state index contributed by atoms with van der Waals surface area (Å²) >= 11 is 6.65. The van der Waals surface area contributed by atoms with Gasteiger partial charge in [0.05, 0.1) is 6.54 Å². The number of aromatic nitrogens is 2. The Labute approximate surface area is 122 Å². The van der Waals surface area contributed by atoms with E-state index in [4.69, 9.17) is 11.6 Å². The third-order valence-corrected chi connectivity index (χ3v) is 4.38. The molecule has 2 aliphatic rings. The molecule has 2 N–H and O–H groups in total. The molecule has 1 atom stereocenters. The molecule has 0 aromatic carbocycles. The van der Waals surface area contributed by atoms with Crippen LogP contribution in [-0.4, -0.2) is 51.6 Å². The minimum Gasteiger partial charge on any atom is -0.334 e. The molecule has 0 aliphatic carbocycles. The Hall–Kier alpha value is -1.74. The van der Waals surface area contributed by atoms with Crippen molar-refractivity contribution in [2.75, 3.05) is 13.1 Å². The van der Waals surface area contributed by atoms with Crippen molar-refractivity contribution in [3.05, 3.63) is 9.47 Å². The summed E-state index contributed by atoms with van der Waals surface area (Å²) in [4.78, 5) is 36.9. The second kappa shape index (κ2) is 4.67. The minimum absolute atomic E-state index is 0.126. The van der Waals surface area contributed by atoms with Crippen LogP contribution in [-0.2, 0) is 4.79 Å². The lowest BCUT2D eigenvalue weighted by molar-refractivity contribution is -0.125. The maximum Gasteiger partial charge on any atom is 0.322 e. The van der Waals surface area contributed by atoms with Gasteiger partial charge < -0.3 is 10.2 Å². The van der Waals surface area contributed by atoms with Crippen LogP contribution in [0.5, 0.6) is 0 Å². The Kier molecular flexibility index (Phi) is 3.09. The van der Waals surface area contributed by atoms with E-state index in [0.29, 0.717) is 19.4 Å². The maximum atomic E-state index is 12.3. The lowest BCUT2D eigenvalue weighted by Crippen LogP contribution is -2.59. The molecule has 3 heterocycles. The quantitative estimate of drug-likeness (QED) is 0.710. The summed E-state index contributed by atoms with van der Waals surface area (Å²) < 4.78 is 0.187.